The number of hydrogen-bond acceptors (Lipinski definition) is 5. The van der Waals surface area contributed by atoms with Gasteiger partial charge in [0.25, 0.3) is 0 Å². The van der Waals surface area contributed by atoms with E-state index >= 15 is 0 Å². The summed E-state index contributed by atoms with van der Waals surface area (Å²) >= 11 is 1.39. The first-order valence-electron chi connectivity index (χ1n) is 7.08. The second-order valence-corrected chi connectivity index (χ2v) is 6.48. The molecule has 0 saturated carbocycles. The van der Waals surface area contributed by atoms with E-state index in [2.05, 4.69) is 10.3 Å². The lowest BCUT2D eigenvalue weighted by Crippen LogP contribution is -2.41. The van der Waals surface area contributed by atoms with E-state index in [-0.39, 0.29) is 5.91 Å². The van der Waals surface area contributed by atoms with Gasteiger partial charge in [-0.1, -0.05) is 29.6 Å². The van der Waals surface area contributed by atoms with E-state index in [0.29, 0.717) is 18.0 Å². The molecular weight excluding hydrogens is 300 g/mol. The Bertz CT molecular complexity index is 766. The summed E-state index contributed by atoms with van der Waals surface area (Å²) in [4.78, 5) is 27.9. The van der Waals surface area contributed by atoms with Gasteiger partial charge in [-0.3, -0.25) is 4.79 Å². The number of nitrogens with zero attached hydrogens (tertiary/aromatic N) is 1. The average molecular weight is 315 g/mol. The van der Waals surface area contributed by atoms with Gasteiger partial charge in [-0.15, -0.1) is 0 Å². The molecule has 0 unspecified atom stereocenters. The lowest BCUT2D eigenvalue weighted by atomic mass is 9.82. The fourth-order valence-electron chi connectivity index (χ4n) is 2.65. The van der Waals surface area contributed by atoms with Crippen molar-refractivity contribution in [1.82, 2.24) is 4.98 Å². The van der Waals surface area contributed by atoms with Gasteiger partial charge < -0.3 is 15.2 Å². The topological polar surface area (TPSA) is 82.1 Å². The Labute approximate surface area is 131 Å². The summed E-state index contributed by atoms with van der Waals surface area (Å²) in [7, 11) is 0. The van der Waals surface area contributed by atoms with Crippen molar-refractivity contribution in [1.29, 1.82) is 0 Å². The summed E-state index contributed by atoms with van der Waals surface area (Å²) in [6.07, 6.45) is 4.37. The van der Waals surface area contributed by atoms with Gasteiger partial charge in [0.05, 0.1) is 16.1 Å². The van der Waals surface area contributed by atoms with E-state index in [9.17, 15) is 14.7 Å². The number of aromatic nitrogens is 1. The molecule has 3 rings (SSSR count). The van der Waals surface area contributed by atoms with Crippen LogP contribution >= 0.6 is 11.3 Å². The van der Waals surface area contributed by atoms with Crippen LogP contribution in [0.5, 0.6) is 0 Å². The van der Waals surface area contributed by atoms with Crippen molar-refractivity contribution in [3.8, 4) is 0 Å². The second-order valence-electron chi connectivity index (χ2n) is 5.45. The molecule has 1 N–H and O–H groups in total. The van der Waals surface area contributed by atoms with Gasteiger partial charge in [-0.2, -0.15) is 0 Å². The first-order chi connectivity index (χ1) is 10.5. The number of anilines is 1. The van der Waals surface area contributed by atoms with E-state index in [1.54, 1.807) is 6.08 Å². The lowest BCUT2D eigenvalue weighted by molar-refractivity contribution is -0.313. The third-order valence-corrected chi connectivity index (χ3v) is 4.78. The summed E-state index contributed by atoms with van der Waals surface area (Å²) in [5.41, 5.74) is 1.95. The normalized spacial score (nSPS) is 21.0. The van der Waals surface area contributed by atoms with Crippen LogP contribution in [0.1, 0.15) is 18.4 Å². The molecular formula is C16H15N2O3S-. The molecule has 2 atom stereocenters. The molecule has 0 saturated heterocycles. The predicted molar refractivity (Wildman–Crippen MR) is 83.3 cm³/mol. The van der Waals surface area contributed by atoms with Gasteiger partial charge in [0.15, 0.2) is 5.13 Å². The van der Waals surface area contributed by atoms with E-state index < -0.39 is 17.8 Å². The van der Waals surface area contributed by atoms with Crippen LogP contribution in [0.25, 0.3) is 10.2 Å². The highest BCUT2D eigenvalue weighted by Gasteiger charge is 2.30. The average Bonchev–Trinajstić information content (AvgIpc) is 2.88. The molecule has 1 aromatic heterocycles. The number of carboxylic acids is 1. The number of rotatable bonds is 3. The molecule has 1 amide bonds. The zero-order valence-corrected chi connectivity index (χ0v) is 12.9. The highest BCUT2D eigenvalue weighted by molar-refractivity contribution is 7.22. The third kappa shape index (κ3) is 2.87. The van der Waals surface area contributed by atoms with E-state index in [1.165, 1.54) is 11.3 Å². The first-order valence-corrected chi connectivity index (χ1v) is 7.90. The summed E-state index contributed by atoms with van der Waals surface area (Å²) in [5.74, 6) is -2.87. The number of benzene rings is 1. The number of aliphatic carboxylic acids is 1. The molecule has 1 heterocycles. The van der Waals surface area contributed by atoms with Gasteiger partial charge in [-0.25, -0.2) is 4.98 Å². The molecule has 114 valence electrons. The number of carbonyl (C=O) groups is 2. The van der Waals surface area contributed by atoms with E-state index in [0.717, 1.165) is 15.8 Å². The number of amides is 1. The number of hydrogen-bond donors (Lipinski definition) is 1. The molecule has 0 fully saturated rings. The molecule has 1 aliphatic carbocycles. The Morgan fingerprint density at radius 2 is 2.00 bits per heavy atom. The number of allylic oxidation sites excluding steroid dienone is 2. The minimum Gasteiger partial charge on any atom is -0.550 e. The largest absolute Gasteiger partial charge is 0.550 e. The summed E-state index contributed by atoms with van der Waals surface area (Å²) in [6, 6.07) is 5.88. The van der Waals surface area contributed by atoms with Crippen molar-refractivity contribution in [3.63, 3.8) is 0 Å². The molecule has 6 heteroatoms. The van der Waals surface area contributed by atoms with Gasteiger partial charge in [0.2, 0.25) is 5.91 Å². The highest BCUT2D eigenvalue weighted by atomic mass is 32.1. The Morgan fingerprint density at radius 3 is 2.73 bits per heavy atom. The third-order valence-electron chi connectivity index (χ3n) is 3.85. The molecule has 2 aromatic rings. The number of carboxylic acid groups (broad SMARTS) is 1. The fraction of sp³-hybridized carbons (Fsp3) is 0.312. The number of carbonyl (C=O) groups excluding carboxylic acids is 2. The Kier molecular flexibility index (Phi) is 3.94. The number of aryl methyl sites for hydroxylation is 1. The smallest absolute Gasteiger partial charge is 0.230 e. The van der Waals surface area contributed by atoms with Crippen LogP contribution in [0.15, 0.2) is 30.4 Å². The van der Waals surface area contributed by atoms with Gasteiger partial charge >= 0.3 is 0 Å². The highest BCUT2D eigenvalue weighted by Crippen LogP contribution is 2.30. The maximum atomic E-state index is 12.4. The second kappa shape index (κ2) is 5.88. The number of fused-ring (bicyclic) bond motifs is 1. The summed E-state index contributed by atoms with van der Waals surface area (Å²) < 4.78 is 0.996. The van der Waals surface area contributed by atoms with E-state index in [4.69, 9.17) is 0 Å². The molecule has 0 radical (unpaired) electrons. The van der Waals surface area contributed by atoms with Crippen LogP contribution in [-0.4, -0.2) is 16.9 Å². The van der Waals surface area contributed by atoms with Crippen LogP contribution in [0.4, 0.5) is 5.13 Å². The maximum Gasteiger partial charge on any atom is 0.230 e. The van der Waals surface area contributed by atoms with Crippen LogP contribution in [-0.2, 0) is 9.59 Å². The SMILES string of the molecule is Cc1ccc2nc(NC(=O)[C@@H]3CC=CC[C@H]3C(=O)[O-])sc2c1. The van der Waals surface area contributed by atoms with Crippen LogP contribution in [0, 0.1) is 18.8 Å². The van der Waals surface area contributed by atoms with Crippen LogP contribution in [0.3, 0.4) is 0 Å². The Balaban J connectivity index is 1.80. The Morgan fingerprint density at radius 1 is 1.27 bits per heavy atom. The Hall–Kier alpha value is -2.21. The fourth-order valence-corrected chi connectivity index (χ4v) is 3.61. The zero-order valence-electron chi connectivity index (χ0n) is 12.0. The van der Waals surface area contributed by atoms with Crippen molar-refractivity contribution in [3.05, 3.63) is 35.9 Å². The first kappa shape index (κ1) is 14.7. The number of thiazole rings is 1. The summed E-state index contributed by atoms with van der Waals surface area (Å²) in [5, 5.41) is 14.4. The molecule has 1 aromatic carbocycles. The standard InChI is InChI=1S/C16H16N2O3S/c1-9-6-7-12-13(8-9)22-16(17-12)18-14(19)10-4-2-3-5-11(10)15(20)21/h2-3,6-8,10-11H,4-5H2,1H3,(H,20,21)(H,17,18,19)/p-1/t10-,11-/m1/s1. The molecule has 22 heavy (non-hydrogen) atoms. The lowest BCUT2D eigenvalue weighted by Gasteiger charge is -2.27. The zero-order chi connectivity index (χ0) is 15.7. The van der Waals surface area contributed by atoms with Crippen molar-refractivity contribution >= 4 is 38.6 Å². The molecule has 5 nitrogen and oxygen atoms in total. The van der Waals surface area contributed by atoms with Crippen LogP contribution < -0.4 is 10.4 Å². The quantitative estimate of drug-likeness (QED) is 0.877. The van der Waals surface area contributed by atoms with E-state index in [1.807, 2.05) is 31.2 Å². The van der Waals surface area contributed by atoms with Gasteiger partial charge in [0.1, 0.15) is 0 Å². The minimum absolute atomic E-state index is 0.311. The molecule has 0 spiro atoms. The minimum atomic E-state index is -1.18. The van der Waals surface area contributed by atoms with Gasteiger partial charge in [0, 0.05) is 11.9 Å². The number of nitrogens with one attached hydrogen (secondary N) is 1. The molecule has 1 aliphatic rings. The van der Waals surface area contributed by atoms with Crippen molar-refractivity contribution in [2.45, 2.75) is 19.8 Å². The van der Waals surface area contributed by atoms with Crippen molar-refractivity contribution in [2.24, 2.45) is 11.8 Å². The van der Waals surface area contributed by atoms with Gasteiger partial charge in [-0.05, 0) is 37.5 Å². The molecule has 0 bridgehead atoms. The maximum absolute atomic E-state index is 12.4. The monoisotopic (exact) mass is 315 g/mol. The van der Waals surface area contributed by atoms with Crippen molar-refractivity contribution in [2.75, 3.05) is 5.32 Å². The predicted octanol–water partition coefficient (Wildman–Crippen LogP) is 1.88. The van der Waals surface area contributed by atoms with Crippen molar-refractivity contribution < 1.29 is 14.7 Å². The molecule has 0 aliphatic heterocycles. The summed E-state index contributed by atoms with van der Waals surface area (Å²) in [6.45, 7) is 2.00. The van der Waals surface area contributed by atoms with Crippen LogP contribution in [0.2, 0.25) is 0 Å².